The molecule has 2 N–H and O–H groups in total. The third kappa shape index (κ3) is 3.91. The van der Waals surface area contributed by atoms with E-state index < -0.39 is 11.8 Å². The minimum absolute atomic E-state index is 0.163. The quantitative estimate of drug-likeness (QED) is 0.830. The molecule has 1 aromatic heterocycles. The molecule has 5 nitrogen and oxygen atoms in total. The van der Waals surface area contributed by atoms with Crippen LogP contribution in [0.2, 0.25) is 0 Å². The highest BCUT2D eigenvalue weighted by Crippen LogP contribution is 2.28. The SMILES string of the molecule is CCCc1cc(=O)[nH]c(Sc2ccc(F)cc2C(=O)O)n1. The van der Waals surface area contributed by atoms with Crippen molar-refractivity contribution in [3.8, 4) is 0 Å². The number of carboxylic acid groups (broad SMARTS) is 1. The minimum Gasteiger partial charge on any atom is -0.478 e. The predicted octanol–water partition coefficient (Wildman–Crippen LogP) is 2.71. The molecule has 0 amide bonds. The van der Waals surface area contributed by atoms with Crippen LogP contribution in [0.5, 0.6) is 0 Å². The van der Waals surface area contributed by atoms with Crippen LogP contribution in [0, 0.1) is 5.82 Å². The van der Waals surface area contributed by atoms with Crippen molar-refractivity contribution in [2.45, 2.75) is 29.8 Å². The van der Waals surface area contributed by atoms with Crippen molar-refractivity contribution in [3.63, 3.8) is 0 Å². The molecule has 0 aliphatic rings. The van der Waals surface area contributed by atoms with E-state index in [1.54, 1.807) is 0 Å². The lowest BCUT2D eigenvalue weighted by Crippen LogP contribution is -2.10. The van der Waals surface area contributed by atoms with Gasteiger partial charge < -0.3 is 10.1 Å². The minimum atomic E-state index is -1.23. The summed E-state index contributed by atoms with van der Waals surface area (Å²) in [5, 5.41) is 9.38. The molecule has 2 rings (SSSR count). The van der Waals surface area contributed by atoms with Gasteiger partial charge in [0.15, 0.2) is 5.16 Å². The summed E-state index contributed by atoms with van der Waals surface area (Å²) >= 11 is 0.991. The second kappa shape index (κ2) is 6.53. The monoisotopic (exact) mass is 308 g/mol. The Kier molecular flexibility index (Phi) is 4.74. The maximum absolute atomic E-state index is 13.1. The molecule has 0 spiro atoms. The van der Waals surface area contributed by atoms with Crippen LogP contribution in [0.4, 0.5) is 4.39 Å². The molecule has 0 bridgehead atoms. The van der Waals surface area contributed by atoms with Gasteiger partial charge in [-0.1, -0.05) is 25.1 Å². The van der Waals surface area contributed by atoms with Gasteiger partial charge in [-0.3, -0.25) is 4.79 Å². The van der Waals surface area contributed by atoms with Gasteiger partial charge in [0, 0.05) is 16.7 Å². The molecule has 2 aromatic rings. The first-order valence-electron chi connectivity index (χ1n) is 6.30. The Balaban J connectivity index is 2.38. The Labute approximate surface area is 124 Å². The van der Waals surface area contributed by atoms with Gasteiger partial charge >= 0.3 is 5.97 Å². The molecule has 1 aromatic carbocycles. The van der Waals surface area contributed by atoms with Crippen molar-refractivity contribution < 1.29 is 14.3 Å². The predicted molar refractivity (Wildman–Crippen MR) is 76.3 cm³/mol. The molecule has 7 heteroatoms. The molecule has 0 aliphatic heterocycles. The second-order valence-electron chi connectivity index (χ2n) is 4.34. The molecule has 0 atom stereocenters. The third-order valence-corrected chi connectivity index (χ3v) is 3.62. The van der Waals surface area contributed by atoms with Crippen molar-refractivity contribution >= 4 is 17.7 Å². The molecule has 1 heterocycles. The number of H-pyrrole nitrogens is 1. The normalized spacial score (nSPS) is 10.6. The molecule has 110 valence electrons. The standard InChI is InChI=1S/C14H13FN2O3S/c1-2-3-9-7-12(18)17-14(16-9)21-11-5-4-8(15)6-10(11)13(19)20/h4-7H,2-3H2,1H3,(H,19,20)(H,16,17,18). The number of benzene rings is 1. The highest BCUT2D eigenvalue weighted by atomic mass is 32.2. The smallest absolute Gasteiger partial charge is 0.336 e. The maximum Gasteiger partial charge on any atom is 0.336 e. The van der Waals surface area contributed by atoms with Gasteiger partial charge in [-0.25, -0.2) is 14.2 Å². The number of aromatic nitrogens is 2. The Morgan fingerprint density at radius 1 is 1.43 bits per heavy atom. The Morgan fingerprint density at radius 2 is 2.19 bits per heavy atom. The first-order valence-corrected chi connectivity index (χ1v) is 7.12. The van der Waals surface area contributed by atoms with Gasteiger partial charge in [0.2, 0.25) is 0 Å². The van der Waals surface area contributed by atoms with Crippen molar-refractivity contribution in [1.29, 1.82) is 0 Å². The molecule has 0 aliphatic carbocycles. The zero-order chi connectivity index (χ0) is 15.4. The van der Waals surface area contributed by atoms with Gasteiger partial charge in [0.1, 0.15) is 5.82 Å². The molecule has 0 radical (unpaired) electrons. The summed E-state index contributed by atoms with van der Waals surface area (Å²) in [5.41, 5.74) is 0.182. The van der Waals surface area contributed by atoms with Crippen molar-refractivity contribution in [2.75, 3.05) is 0 Å². The summed E-state index contributed by atoms with van der Waals surface area (Å²) in [6.45, 7) is 1.97. The van der Waals surface area contributed by atoms with E-state index in [1.807, 2.05) is 6.92 Å². The second-order valence-corrected chi connectivity index (χ2v) is 5.37. The van der Waals surface area contributed by atoms with Crippen LogP contribution in [-0.4, -0.2) is 21.0 Å². The third-order valence-electron chi connectivity index (χ3n) is 2.66. The van der Waals surface area contributed by atoms with Gasteiger partial charge in [0.25, 0.3) is 5.56 Å². The Bertz CT molecular complexity index is 730. The largest absolute Gasteiger partial charge is 0.478 e. The lowest BCUT2D eigenvalue weighted by atomic mass is 10.2. The number of aromatic amines is 1. The molecule has 0 saturated carbocycles. The van der Waals surface area contributed by atoms with Crippen LogP contribution in [0.25, 0.3) is 0 Å². The summed E-state index contributed by atoms with van der Waals surface area (Å²) < 4.78 is 13.1. The lowest BCUT2D eigenvalue weighted by molar-refractivity contribution is 0.0692. The summed E-state index contributed by atoms with van der Waals surface area (Å²) in [6, 6.07) is 4.88. The summed E-state index contributed by atoms with van der Waals surface area (Å²) in [5.74, 6) is -1.86. The van der Waals surface area contributed by atoms with E-state index in [9.17, 15) is 14.0 Å². The Morgan fingerprint density at radius 3 is 2.86 bits per heavy atom. The van der Waals surface area contributed by atoms with Crippen LogP contribution < -0.4 is 5.56 Å². The Hall–Kier alpha value is -2.15. The fourth-order valence-corrected chi connectivity index (χ4v) is 2.69. The number of hydrogen-bond acceptors (Lipinski definition) is 4. The number of aromatic carboxylic acids is 1. The molecular formula is C14H13FN2O3S. The van der Waals surface area contributed by atoms with Crippen LogP contribution in [0.1, 0.15) is 29.4 Å². The van der Waals surface area contributed by atoms with Crippen LogP contribution in [0.15, 0.2) is 39.1 Å². The number of carboxylic acids is 1. The first kappa shape index (κ1) is 15.2. The number of hydrogen-bond donors (Lipinski definition) is 2. The summed E-state index contributed by atoms with van der Waals surface area (Å²) in [7, 11) is 0. The van der Waals surface area contributed by atoms with E-state index >= 15 is 0 Å². The van der Waals surface area contributed by atoms with Crippen molar-refractivity contribution in [1.82, 2.24) is 9.97 Å². The lowest BCUT2D eigenvalue weighted by Gasteiger charge is -2.06. The van der Waals surface area contributed by atoms with E-state index in [-0.39, 0.29) is 11.1 Å². The van der Waals surface area contributed by atoms with Gasteiger partial charge in [-0.15, -0.1) is 0 Å². The number of aryl methyl sites for hydroxylation is 1. The van der Waals surface area contributed by atoms with Gasteiger partial charge in [-0.05, 0) is 24.6 Å². The molecule has 0 saturated heterocycles. The number of nitrogens with zero attached hydrogens (tertiary/aromatic N) is 1. The first-order chi connectivity index (χ1) is 9.99. The topological polar surface area (TPSA) is 83.0 Å². The average molecular weight is 308 g/mol. The van der Waals surface area contributed by atoms with Crippen LogP contribution in [0.3, 0.4) is 0 Å². The number of nitrogens with one attached hydrogen (secondary N) is 1. The molecular weight excluding hydrogens is 295 g/mol. The van der Waals surface area contributed by atoms with E-state index in [4.69, 9.17) is 5.11 Å². The van der Waals surface area contributed by atoms with Crippen LogP contribution >= 0.6 is 11.8 Å². The maximum atomic E-state index is 13.1. The molecule has 0 unspecified atom stereocenters. The summed E-state index contributed by atoms with van der Waals surface area (Å²) in [6.07, 6.45) is 1.50. The van der Waals surface area contributed by atoms with Gasteiger partial charge in [-0.2, -0.15) is 0 Å². The number of halogens is 1. The van der Waals surface area contributed by atoms with Gasteiger partial charge in [0.05, 0.1) is 5.56 Å². The molecule has 21 heavy (non-hydrogen) atoms. The fourth-order valence-electron chi connectivity index (χ4n) is 1.78. The van der Waals surface area contributed by atoms with E-state index in [0.29, 0.717) is 22.2 Å². The fraction of sp³-hybridized carbons (Fsp3) is 0.214. The van der Waals surface area contributed by atoms with Crippen molar-refractivity contribution in [2.24, 2.45) is 0 Å². The number of rotatable bonds is 5. The zero-order valence-electron chi connectivity index (χ0n) is 11.2. The van der Waals surface area contributed by atoms with E-state index in [2.05, 4.69) is 9.97 Å². The van der Waals surface area contributed by atoms with E-state index in [1.165, 1.54) is 18.2 Å². The van der Waals surface area contributed by atoms with Crippen molar-refractivity contribution in [3.05, 3.63) is 51.7 Å². The highest BCUT2D eigenvalue weighted by Gasteiger charge is 2.14. The zero-order valence-corrected chi connectivity index (χ0v) is 12.0. The molecule has 0 fully saturated rings. The highest BCUT2D eigenvalue weighted by molar-refractivity contribution is 7.99. The summed E-state index contributed by atoms with van der Waals surface area (Å²) in [4.78, 5) is 29.8. The van der Waals surface area contributed by atoms with Crippen LogP contribution in [-0.2, 0) is 6.42 Å². The number of carbonyl (C=O) groups is 1. The average Bonchev–Trinajstić information content (AvgIpc) is 2.40. The van der Waals surface area contributed by atoms with E-state index in [0.717, 1.165) is 24.2 Å².